The van der Waals surface area contributed by atoms with Crippen LogP contribution in [0.25, 0.3) is 0 Å². The summed E-state index contributed by atoms with van der Waals surface area (Å²) in [5.74, 6) is -1.19. The Labute approximate surface area is 144 Å². The smallest absolute Gasteiger partial charge is 0.317 e. The predicted octanol–water partition coefficient (Wildman–Crippen LogP) is 3.02. The highest BCUT2D eigenvalue weighted by molar-refractivity contribution is 5.91. The standard InChI is InChI=1S/C18H30O6/c1-17(2,3)16(21)23-13-9-7-12(8-10-13)18(4,5)24-15(20)11-14(19)22-6/h12-13H,7-11H2,1-6H3. The number of esters is 3. The Bertz CT molecular complexity index is 466. The van der Waals surface area contributed by atoms with E-state index in [4.69, 9.17) is 9.47 Å². The molecule has 1 rings (SSSR count). The van der Waals surface area contributed by atoms with Gasteiger partial charge < -0.3 is 14.2 Å². The fourth-order valence-corrected chi connectivity index (χ4v) is 2.81. The molecule has 0 atom stereocenters. The van der Waals surface area contributed by atoms with Crippen molar-refractivity contribution in [3.8, 4) is 0 Å². The van der Waals surface area contributed by atoms with Crippen molar-refractivity contribution in [1.29, 1.82) is 0 Å². The summed E-state index contributed by atoms with van der Waals surface area (Å²) in [4.78, 5) is 34.9. The highest BCUT2D eigenvalue weighted by atomic mass is 16.6. The van der Waals surface area contributed by atoms with Crippen LogP contribution >= 0.6 is 0 Å². The zero-order valence-electron chi connectivity index (χ0n) is 15.6. The van der Waals surface area contributed by atoms with Crippen molar-refractivity contribution in [1.82, 2.24) is 0 Å². The van der Waals surface area contributed by atoms with E-state index >= 15 is 0 Å². The maximum Gasteiger partial charge on any atom is 0.317 e. The Morgan fingerprint density at radius 3 is 1.92 bits per heavy atom. The molecule has 0 bridgehead atoms. The van der Waals surface area contributed by atoms with Crippen molar-refractivity contribution in [2.75, 3.05) is 7.11 Å². The minimum absolute atomic E-state index is 0.0745. The van der Waals surface area contributed by atoms with Gasteiger partial charge in [0.1, 0.15) is 18.1 Å². The Kier molecular flexibility index (Phi) is 6.81. The summed E-state index contributed by atoms with van der Waals surface area (Å²) in [6.45, 7) is 9.23. The van der Waals surface area contributed by atoms with E-state index < -0.39 is 23.0 Å². The van der Waals surface area contributed by atoms with E-state index in [1.54, 1.807) is 0 Å². The van der Waals surface area contributed by atoms with Crippen LogP contribution in [0, 0.1) is 11.3 Å². The topological polar surface area (TPSA) is 78.9 Å². The summed E-state index contributed by atoms with van der Waals surface area (Å²) in [6.07, 6.45) is 2.67. The molecule has 1 aliphatic rings. The third-order valence-corrected chi connectivity index (χ3v) is 4.44. The second kappa shape index (κ2) is 7.99. The van der Waals surface area contributed by atoms with Gasteiger partial charge in [-0.25, -0.2) is 0 Å². The Hall–Kier alpha value is -1.59. The molecule has 0 aromatic heterocycles. The molecule has 0 amide bonds. The average Bonchev–Trinajstić information content (AvgIpc) is 2.45. The van der Waals surface area contributed by atoms with Crippen LogP contribution in [0.2, 0.25) is 0 Å². The van der Waals surface area contributed by atoms with Gasteiger partial charge in [0.05, 0.1) is 12.5 Å². The molecule has 0 aromatic carbocycles. The summed E-state index contributed by atoms with van der Waals surface area (Å²) >= 11 is 0. The van der Waals surface area contributed by atoms with E-state index in [1.807, 2.05) is 34.6 Å². The zero-order chi connectivity index (χ0) is 18.5. The lowest BCUT2D eigenvalue weighted by Gasteiger charge is -2.38. The Morgan fingerprint density at radius 2 is 1.46 bits per heavy atom. The summed E-state index contributed by atoms with van der Waals surface area (Å²) in [5.41, 5.74) is -1.16. The number of hydrogen-bond donors (Lipinski definition) is 0. The summed E-state index contributed by atoms with van der Waals surface area (Å²) < 4.78 is 15.5. The highest BCUT2D eigenvalue weighted by Crippen LogP contribution is 2.36. The van der Waals surface area contributed by atoms with Gasteiger partial charge in [-0.2, -0.15) is 0 Å². The van der Waals surface area contributed by atoms with Crippen LogP contribution in [-0.4, -0.2) is 36.7 Å². The summed E-state index contributed by atoms with van der Waals surface area (Å²) in [6, 6.07) is 0. The number of methoxy groups -OCH3 is 1. The third kappa shape index (κ3) is 6.13. The van der Waals surface area contributed by atoms with Crippen molar-refractivity contribution in [2.45, 2.75) is 78.4 Å². The maximum atomic E-state index is 12.0. The second-order valence-electron chi connectivity index (χ2n) is 7.96. The van der Waals surface area contributed by atoms with Gasteiger partial charge in [-0.05, 0) is 66.2 Å². The molecule has 138 valence electrons. The van der Waals surface area contributed by atoms with E-state index in [1.165, 1.54) is 7.11 Å². The van der Waals surface area contributed by atoms with E-state index in [0.29, 0.717) is 0 Å². The fraction of sp³-hybridized carbons (Fsp3) is 0.833. The number of rotatable bonds is 5. The van der Waals surface area contributed by atoms with Gasteiger partial charge in [-0.1, -0.05) is 0 Å². The van der Waals surface area contributed by atoms with Crippen LogP contribution in [0.1, 0.15) is 66.7 Å². The molecule has 1 fully saturated rings. The fourth-order valence-electron chi connectivity index (χ4n) is 2.81. The van der Waals surface area contributed by atoms with Crippen LogP contribution in [0.4, 0.5) is 0 Å². The van der Waals surface area contributed by atoms with Crippen molar-refractivity contribution >= 4 is 17.9 Å². The first-order chi connectivity index (χ1) is 11.0. The van der Waals surface area contributed by atoms with E-state index in [-0.39, 0.29) is 24.4 Å². The monoisotopic (exact) mass is 342 g/mol. The molecular formula is C18H30O6. The van der Waals surface area contributed by atoms with Gasteiger partial charge in [0.25, 0.3) is 0 Å². The third-order valence-electron chi connectivity index (χ3n) is 4.44. The van der Waals surface area contributed by atoms with Gasteiger partial charge in [0.2, 0.25) is 0 Å². The van der Waals surface area contributed by atoms with Crippen LogP contribution < -0.4 is 0 Å². The normalized spacial score (nSPS) is 21.8. The summed E-state index contributed by atoms with van der Waals surface area (Å²) in [7, 11) is 1.24. The molecule has 0 N–H and O–H groups in total. The first kappa shape index (κ1) is 20.5. The molecule has 0 saturated heterocycles. The van der Waals surface area contributed by atoms with E-state index in [0.717, 1.165) is 25.7 Å². The number of carbonyl (C=O) groups is 3. The lowest BCUT2D eigenvalue weighted by molar-refractivity contribution is -0.169. The molecule has 0 unspecified atom stereocenters. The molecular weight excluding hydrogens is 312 g/mol. The van der Waals surface area contributed by atoms with Crippen molar-refractivity contribution in [3.63, 3.8) is 0 Å². The summed E-state index contributed by atoms with van der Waals surface area (Å²) in [5, 5.41) is 0. The van der Waals surface area contributed by atoms with Crippen LogP contribution in [0.15, 0.2) is 0 Å². The van der Waals surface area contributed by atoms with E-state index in [2.05, 4.69) is 4.74 Å². The van der Waals surface area contributed by atoms with Crippen LogP contribution in [-0.2, 0) is 28.6 Å². The average molecular weight is 342 g/mol. The molecule has 0 aromatic rings. The Balaban J connectivity index is 2.49. The molecule has 0 radical (unpaired) electrons. The van der Waals surface area contributed by atoms with Gasteiger partial charge in [0.15, 0.2) is 0 Å². The molecule has 1 saturated carbocycles. The molecule has 0 spiro atoms. The minimum Gasteiger partial charge on any atom is -0.469 e. The minimum atomic E-state index is -0.663. The van der Waals surface area contributed by atoms with Gasteiger partial charge in [-0.3, -0.25) is 14.4 Å². The largest absolute Gasteiger partial charge is 0.469 e. The van der Waals surface area contributed by atoms with E-state index in [9.17, 15) is 14.4 Å². The van der Waals surface area contributed by atoms with Gasteiger partial charge in [0, 0.05) is 0 Å². The van der Waals surface area contributed by atoms with Crippen molar-refractivity contribution in [3.05, 3.63) is 0 Å². The quantitative estimate of drug-likeness (QED) is 0.434. The molecule has 0 aliphatic heterocycles. The van der Waals surface area contributed by atoms with Gasteiger partial charge in [-0.15, -0.1) is 0 Å². The molecule has 24 heavy (non-hydrogen) atoms. The molecule has 6 nitrogen and oxygen atoms in total. The SMILES string of the molecule is COC(=O)CC(=O)OC(C)(C)C1CCC(OC(=O)C(C)(C)C)CC1. The van der Waals surface area contributed by atoms with Crippen molar-refractivity contribution in [2.24, 2.45) is 11.3 Å². The van der Waals surface area contributed by atoms with Crippen LogP contribution in [0.3, 0.4) is 0 Å². The lowest BCUT2D eigenvalue weighted by atomic mass is 9.77. The number of carbonyl (C=O) groups excluding carboxylic acids is 3. The van der Waals surface area contributed by atoms with Gasteiger partial charge >= 0.3 is 17.9 Å². The zero-order valence-corrected chi connectivity index (χ0v) is 15.6. The van der Waals surface area contributed by atoms with Crippen LogP contribution in [0.5, 0.6) is 0 Å². The number of hydrogen-bond acceptors (Lipinski definition) is 6. The number of ether oxygens (including phenoxy) is 3. The maximum absolute atomic E-state index is 12.0. The van der Waals surface area contributed by atoms with Crippen molar-refractivity contribution < 1.29 is 28.6 Å². The highest BCUT2D eigenvalue weighted by Gasteiger charge is 2.38. The molecule has 0 heterocycles. The first-order valence-corrected chi connectivity index (χ1v) is 8.45. The predicted molar refractivity (Wildman–Crippen MR) is 88.1 cm³/mol. The molecule has 1 aliphatic carbocycles. The lowest BCUT2D eigenvalue weighted by Crippen LogP contribution is -2.41. The second-order valence-corrected chi connectivity index (χ2v) is 7.96. The first-order valence-electron chi connectivity index (χ1n) is 8.45. The Morgan fingerprint density at radius 1 is 0.917 bits per heavy atom. The molecule has 6 heteroatoms.